The summed E-state index contributed by atoms with van der Waals surface area (Å²) >= 11 is 0. The number of hydrogen-bond donors (Lipinski definition) is 1. The van der Waals surface area contributed by atoms with Crippen LogP contribution in [-0.2, 0) is 4.43 Å². The Bertz CT molecular complexity index is 209. The van der Waals surface area contributed by atoms with Gasteiger partial charge in [-0.1, -0.05) is 40.5 Å². The van der Waals surface area contributed by atoms with Gasteiger partial charge in [0.05, 0.1) is 0 Å². The molecule has 1 N–H and O–H groups in total. The fraction of sp³-hybridized carbons (Fsp3) is 1.00. The number of unbranched alkanes of at least 4 members (excludes halogenated alkanes) is 1. The van der Waals surface area contributed by atoms with Gasteiger partial charge in [-0.05, 0) is 43.3 Å². The van der Waals surface area contributed by atoms with Crippen LogP contribution in [0.2, 0.25) is 18.1 Å². The second-order valence-electron chi connectivity index (χ2n) is 6.94. The average molecular weight is 275 g/mol. The summed E-state index contributed by atoms with van der Waals surface area (Å²) in [7, 11) is -1.55. The van der Waals surface area contributed by atoms with Gasteiger partial charge in [0.15, 0.2) is 8.32 Å². The molecule has 110 valence electrons. The molecule has 3 heteroatoms. The molecule has 2 nitrogen and oxygen atoms in total. The largest absolute Gasteiger partial charge is 0.417 e. The summed E-state index contributed by atoms with van der Waals surface area (Å²) < 4.78 is 6.15. The van der Waals surface area contributed by atoms with Crippen molar-refractivity contribution in [3.8, 4) is 0 Å². The predicted molar refractivity (Wildman–Crippen MR) is 82.5 cm³/mol. The first kappa shape index (κ1) is 18.1. The van der Waals surface area contributed by atoms with Gasteiger partial charge in [0, 0.05) is 13.2 Å². The Hall–Kier alpha value is 0.137. The lowest BCUT2D eigenvalue weighted by Gasteiger charge is -2.36. The van der Waals surface area contributed by atoms with E-state index >= 15 is 0 Å². The van der Waals surface area contributed by atoms with E-state index in [9.17, 15) is 5.11 Å². The lowest BCUT2D eigenvalue weighted by Crippen LogP contribution is -2.40. The Kier molecular flexibility index (Phi) is 8.40. The molecule has 0 aliphatic heterocycles. The van der Waals surface area contributed by atoms with Crippen molar-refractivity contribution in [3.05, 3.63) is 0 Å². The summed E-state index contributed by atoms with van der Waals surface area (Å²) in [5.41, 5.74) is 0. The zero-order chi connectivity index (χ0) is 14.2. The summed E-state index contributed by atoms with van der Waals surface area (Å²) in [4.78, 5) is 0. The molecule has 1 unspecified atom stereocenters. The Morgan fingerprint density at radius 1 is 1.11 bits per heavy atom. The molecule has 1 atom stereocenters. The molecule has 0 fully saturated rings. The highest BCUT2D eigenvalue weighted by Gasteiger charge is 2.36. The predicted octanol–water partition coefficient (Wildman–Crippen LogP) is 4.59. The van der Waals surface area contributed by atoms with Crippen LogP contribution in [-0.4, -0.2) is 26.6 Å². The van der Waals surface area contributed by atoms with E-state index < -0.39 is 8.32 Å². The number of aliphatic hydroxyl groups is 1. The van der Waals surface area contributed by atoms with Crippen molar-refractivity contribution in [1.29, 1.82) is 0 Å². The lowest BCUT2D eigenvalue weighted by molar-refractivity contribution is 0.201. The van der Waals surface area contributed by atoms with Crippen molar-refractivity contribution in [1.82, 2.24) is 0 Å². The van der Waals surface area contributed by atoms with Crippen molar-refractivity contribution in [2.75, 3.05) is 13.2 Å². The lowest BCUT2D eigenvalue weighted by atomic mass is 9.98. The minimum absolute atomic E-state index is 0.308. The molecule has 0 saturated carbocycles. The second-order valence-corrected chi connectivity index (χ2v) is 11.8. The highest BCUT2D eigenvalue weighted by Crippen LogP contribution is 2.36. The third kappa shape index (κ3) is 6.91. The van der Waals surface area contributed by atoms with Crippen LogP contribution in [0.4, 0.5) is 0 Å². The molecule has 0 aromatic heterocycles. The van der Waals surface area contributed by atoms with Crippen LogP contribution in [0.25, 0.3) is 0 Å². The number of hydrogen-bond acceptors (Lipinski definition) is 2. The standard InChI is InChI=1S/C15H34O2Si/c1-7-10-14(13-16)11-8-9-12-17-18(5,6)15(2,3)4/h14,16H,7-13H2,1-6H3. The first-order valence-electron chi connectivity index (χ1n) is 7.49. The molecule has 0 aliphatic carbocycles. The first-order chi connectivity index (χ1) is 8.24. The van der Waals surface area contributed by atoms with E-state index in [1.165, 1.54) is 12.8 Å². The van der Waals surface area contributed by atoms with Crippen LogP contribution >= 0.6 is 0 Å². The van der Waals surface area contributed by atoms with Gasteiger partial charge in [0.2, 0.25) is 0 Å². The molecule has 0 amide bonds. The van der Waals surface area contributed by atoms with Crippen LogP contribution in [0.15, 0.2) is 0 Å². The van der Waals surface area contributed by atoms with E-state index in [2.05, 4.69) is 40.8 Å². The SMILES string of the molecule is CCCC(CO)CCCCO[Si](C)(C)C(C)(C)C. The molecule has 0 rings (SSSR count). The molecule has 0 bridgehead atoms. The van der Waals surface area contributed by atoms with Gasteiger partial charge in [-0.3, -0.25) is 0 Å². The second kappa shape index (κ2) is 8.34. The molecular weight excluding hydrogens is 240 g/mol. The zero-order valence-corrected chi connectivity index (χ0v) is 14.4. The summed E-state index contributed by atoms with van der Waals surface area (Å²) in [6.07, 6.45) is 5.78. The first-order valence-corrected chi connectivity index (χ1v) is 10.4. The number of aliphatic hydroxyl groups excluding tert-OH is 1. The Morgan fingerprint density at radius 2 is 1.72 bits per heavy atom. The third-order valence-electron chi connectivity index (χ3n) is 4.23. The van der Waals surface area contributed by atoms with Gasteiger partial charge < -0.3 is 9.53 Å². The molecule has 0 spiro atoms. The van der Waals surface area contributed by atoms with E-state index in [1.807, 2.05) is 0 Å². The van der Waals surface area contributed by atoms with Crippen LogP contribution in [0.1, 0.15) is 59.8 Å². The van der Waals surface area contributed by atoms with Gasteiger partial charge >= 0.3 is 0 Å². The van der Waals surface area contributed by atoms with Crippen LogP contribution in [0.3, 0.4) is 0 Å². The van der Waals surface area contributed by atoms with Crippen molar-refractivity contribution >= 4 is 8.32 Å². The zero-order valence-electron chi connectivity index (χ0n) is 13.4. The highest BCUT2D eigenvalue weighted by atomic mass is 28.4. The van der Waals surface area contributed by atoms with E-state index in [0.29, 0.717) is 17.6 Å². The summed E-state index contributed by atoms with van der Waals surface area (Å²) in [6, 6.07) is 0. The molecule has 18 heavy (non-hydrogen) atoms. The molecule has 0 aliphatic rings. The summed E-state index contributed by atoms with van der Waals surface area (Å²) in [5, 5.41) is 9.53. The molecule has 0 aromatic rings. The average Bonchev–Trinajstić information content (AvgIpc) is 2.25. The van der Waals surface area contributed by atoms with Crippen LogP contribution in [0, 0.1) is 5.92 Å². The molecule has 0 aromatic carbocycles. The van der Waals surface area contributed by atoms with Crippen LogP contribution < -0.4 is 0 Å². The van der Waals surface area contributed by atoms with E-state index in [0.717, 1.165) is 25.9 Å². The molecule has 0 saturated heterocycles. The minimum Gasteiger partial charge on any atom is -0.417 e. The topological polar surface area (TPSA) is 29.5 Å². The van der Waals surface area contributed by atoms with Crippen molar-refractivity contribution in [3.63, 3.8) is 0 Å². The highest BCUT2D eigenvalue weighted by molar-refractivity contribution is 6.74. The van der Waals surface area contributed by atoms with Gasteiger partial charge in [-0.15, -0.1) is 0 Å². The van der Waals surface area contributed by atoms with Gasteiger partial charge in [-0.2, -0.15) is 0 Å². The smallest absolute Gasteiger partial charge is 0.191 e. The number of rotatable bonds is 9. The quantitative estimate of drug-likeness (QED) is 0.492. The van der Waals surface area contributed by atoms with Gasteiger partial charge in [0.1, 0.15) is 0 Å². The monoisotopic (exact) mass is 274 g/mol. The maximum absolute atomic E-state index is 9.23. The third-order valence-corrected chi connectivity index (χ3v) is 8.77. The van der Waals surface area contributed by atoms with E-state index in [4.69, 9.17) is 4.43 Å². The Labute approximate surface area is 115 Å². The van der Waals surface area contributed by atoms with Crippen molar-refractivity contribution in [2.24, 2.45) is 5.92 Å². The maximum atomic E-state index is 9.23. The molecule has 0 radical (unpaired) electrons. The molecular formula is C15H34O2Si. The minimum atomic E-state index is -1.55. The van der Waals surface area contributed by atoms with Gasteiger partial charge in [-0.25, -0.2) is 0 Å². The maximum Gasteiger partial charge on any atom is 0.191 e. The Morgan fingerprint density at radius 3 is 2.17 bits per heavy atom. The van der Waals surface area contributed by atoms with Crippen molar-refractivity contribution in [2.45, 2.75) is 77.9 Å². The summed E-state index contributed by atoms with van der Waals surface area (Å²) in [6.45, 7) is 14.9. The fourth-order valence-corrected chi connectivity index (χ4v) is 2.90. The summed E-state index contributed by atoms with van der Waals surface area (Å²) in [5.74, 6) is 0.503. The molecule has 0 heterocycles. The van der Waals surface area contributed by atoms with Gasteiger partial charge in [0.25, 0.3) is 0 Å². The van der Waals surface area contributed by atoms with Crippen LogP contribution in [0.5, 0.6) is 0 Å². The normalized spacial score (nSPS) is 14.8. The van der Waals surface area contributed by atoms with E-state index in [1.54, 1.807) is 0 Å². The fourth-order valence-electron chi connectivity index (χ4n) is 1.81. The Balaban J connectivity index is 3.74. The van der Waals surface area contributed by atoms with Crippen molar-refractivity contribution < 1.29 is 9.53 Å². The van der Waals surface area contributed by atoms with E-state index in [-0.39, 0.29) is 0 Å².